The number of phenols is 1. The fourth-order valence-electron chi connectivity index (χ4n) is 4.05. The highest BCUT2D eigenvalue weighted by Crippen LogP contribution is 2.39. The maximum atomic E-state index is 11.2. The number of rotatable bonds is 2. The molecule has 0 spiro atoms. The zero-order valence-electron chi connectivity index (χ0n) is 17.7. The molecule has 3 nitrogen and oxygen atoms in total. The first-order valence-electron chi connectivity index (χ1n) is 10.3. The fraction of sp³-hybridized carbons (Fsp3) is 0.148. The van der Waals surface area contributed by atoms with Crippen LogP contribution in [0.1, 0.15) is 26.3 Å². The Bertz CT molecular complexity index is 1430. The van der Waals surface area contributed by atoms with Crippen LogP contribution in [0.5, 0.6) is 5.75 Å². The Morgan fingerprint density at radius 3 is 2.32 bits per heavy atom. The second-order valence-electron chi connectivity index (χ2n) is 8.86. The van der Waals surface area contributed by atoms with Crippen LogP contribution in [-0.4, -0.2) is 14.7 Å². The number of benzene rings is 4. The lowest BCUT2D eigenvalue weighted by atomic mass is 9.87. The summed E-state index contributed by atoms with van der Waals surface area (Å²) in [4.78, 5) is 4.95. The number of para-hydroxylation sites is 1. The number of hydrogen-bond acceptors (Lipinski definition) is 2. The molecule has 0 bridgehead atoms. The van der Waals surface area contributed by atoms with Gasteiger partial charge in [-0.15, -0.1) is 0 Å². The summed E-state index contributed by atoms with van der Waals surface area (Å²) in [5.74, 6) is 0.964. The number of aromatic hydroxyl groups is 1. The standard InChI is InChI=1S/C27H23BrN2O/c1-27(2,3)18-12-14-19(15-13-18)30-23-10-6-9-22(28)24(23)29-26(30)21-16-11-17-7-4-5-8-20(17)25(21)31/h4-16,31H,1-3H3. The third-order valence-corrected chi connectivity index (χ3v) is 6.41. The highest BCUT2D eigenvalue weighted by molar-refractivity contribution is 9.10. The van der Waals surface area contributed by atoms with Gasteiger partial charge in [-0.2, -0.15) is 0 Å². The van der Waals surface area contributed by atoms with Gasteiger partial charge < -0.3 is 5.11 Å². The van der Waals surface area contributed by atoms with Crippen LogP contribution in [-0.2, 0) is 5.41 Å². The van der Waals surface area contributed by atoms with Gasteiger partial charge in [0.15, 0.2) is 0 Å². The van der Waals surface area contributed by atoms with E-state index in [1.165, 1.54) is 5.56 Å². The second kappa shape index (κ2) is 7.24. The van der Waals surface area contributed by atoms with E-state index >= 15 is 0 Å². The monoisotopic (exact) mass is 470 g/mol. The molecule has 0 aliphatic carbocycles. The predicted octanol–water partition coefficient (Wildman–Crippen LogP) is 7.61. The van der Waals surface area contributed by atoms with Crippen molar-refractivity contribution in [3.8, 4) is 22.8 Å². The van der Waals surface area contributed by atoms with Gasteiger partial charge >= 0.3 is 0 Å². The lowest BCUT2D eigenvalue weighted by Gasteiger charge is -2.20. The third kappa shape index (κ3) is 3.31. The van der Waals surface area contributed by atoms with Crippen molar-refractivity contribution >= 4 is 37.7 Å². The van der Waals surface area contributed by atoms with Crippen molar-refractivity contribution in [2.75, 3.05) is 0 Å². The van der Waals surface area contributed by atoms with Gasteiger partial charge in [-0.05, 0) is 62.6 Å². The molecule has 0 unspecified atom stereocenters. The topological polar surface area (TPSA) is 38.0 Å². The van der Waals surface area contributed by atoms with Crippen molar-refractivity contribution in [2.45, 2.75) is 26.2 Å². The van der Waals surface area contributed by atoms with Crippen LogP contribution < -0.4 is 0 Å². The minimum absolute atomic E-state index is 0.0814. The maximum Gasteiger partial charge on any atom is 0.149 e. The maximum absolute atomic E-state index is 11.2. The molecule has 1 aromatic heterocycles. The first-order chi connectivity index (χ1) is 14.8. The number of hydrogen-bond donors (Lipinski definition) is 1. The Morgan fingerprint density at radius 1 is 0.839 bits per heavy atom. The smallest absolute Gasteiger partial charge is 0.149 e. The summed E-state index contributed by atoms with van der Waals surface area (Å²) in [6, 6.07) is 26.5. The van der Waals surface area contributed by atoms with E-state index in [0.717, 1.165) is 32.0 Å². The largest absolute Gasteiger partial charge is 0.507 e. The molecule has 0 fully saturated rings. The Morgan fingerprint density at radius 2 is 1.58 bits per heavy atom. The SMILES string of the molecule is CC(C)(C)c1ccc(-n2c(-c3ccc4ccccc4c3O)nc3c(Br)cccc32)cc1. The Hall–Kier alpha value is -3.11. The lowest BCUT2D eigenvalue weighted by Crippen LogP contribution is -2.11. The van der Waals surface area contributed by atoms with Crippen molar-refractivity contribution in [3.63, 3.8) is 0 Å². The number of imidazole rings is 1. The van der Waals surface area contributed by atoms with Gasteiger partial charge in [-0.3, -0.25) is 4.57 Å². The quantitative estimate of drug-likeness (QED) is 0.288. The highest BCUT2D eigenvalue weighted by atomic mass is 79.9. The van der Waals surface area contributed by atoms with Crippen LogP contribution in [0.2, 0.25) is 0 Å². The molecule has 31 heavy (non-hydrogen) atoms. The summed E-state index contributed by atoms with van der Waals surface area (Å²) >= 11 is 3.65. The molecule has 0 radical (unpaired) electrons. The van der Waals surface area contributed by atoms with Gasteiger partial charge in [-0.1, -0.05) is 69.3 Å². The van der Waals surface area contributed by atoms with Crippen molar-refractivity contribution in [1.29, 1.82) is 0 Å². The molecule has 1 heterocycles. The summed E-state index contributed by atoms with van der Waals surface area (Å²) in [6.45, 7) is 6.64. The molecule has 154 valence electrons. The average molecular weight is 471 g/mol. The minimum atomic E-state index is 0.0814. The molecule has 0 saturated carbocycles. The third-order valence-electron chi connectivity index (χ3n) is 5.77. The van der Waals surface area contributed by atoms with Gasteiger partial charge in [0.2, 0.25) is 0 Å². The fourth-order valence-corrected chi connectivity index (χ4v) is 4.50. The van der Waals surface area contributed by atoms with E-state index < -0.39 is 0 Å². The normalized spacial score (nSPS) is 12.0. The molecule has 4 aromatic carbocycles. The van der Waals surface area contributed by atoms with Crippen molar-refractivity contribution in [2.24, 2.45) is 0 Å². The first-order valence-corrected chi connectivity index (χ1v) is 11.1. The number of phenolic OH excluding ortho intramolecular Hbond substituents is 1. The zero-order chi connectivity index (χ0) is 21.8. The second-order valence-corrected chi connectivity index (χ2v) is 9.71. The molecule has 0 amide bonds. The number of nitrogens with zero attached hydrogens (tertiary/aromatic N) is 2. The molecular formula is C27H23BrN2O. The van der Waals surface area contributed by atoms with Crippen molar-refractivity contribution in [3.05, 3.63) is 88.9 Å². The molecule has 0 saturated heterocycles. The molecule has 5 aromatic rings. The summed E-state index contributed by atoms with van der Waals surface area (Å²) in [5, 5.41) is 13.0. The minimum Gasteiger partial charge on any atom is -0.507 e. The Labute approximate surface area is 190 Å². The van der Waals surface area contributed by atoms with Gasteiger partial charge in [0.25, 0.3) is 0 Å². The van der Waals surface area contributed by atoms with Crippen LogP contribution in [0, 0.1) is 0 Å². The Kier molecular flexibility index (Phi) is 4.63. The average Bonchev–Trinajstić information content (AvgIpc) is 3.14. The van der Waals surface area contributed by atoms with Gasteiger partial charge in [0.05, 0.1) is 11.1 Å². The number of halogens is 1. The molecule has 1 N–H and O–H groups in total. The van der Waals surface area contributed by atoms with Gasteiger partial charge in [0.1, 0.15) is 17.1 Å². The van der Waals surface area contributed by atoms with Crippen LogP contribution in [0.15, 0.2) is 83.3 Å². The molecule has 4 heteroatoms. The highest BCUT2D eigenvalue weighted by Gasteiger charge is 2.20. The van der Waals surface area contributed by atoms with Crippen LogP contribution in [0.3, 0.4) is 0 Å². The van der Waals surface area contributed by atoms with E-state index in [-0.39, 0.29) is 11.2 Å². The van der Waals surface area contributed by atoms with E-state index in [0.29, 0.717) is 11.4 Å². The number of aromatic nitrogens is 2. The summed E-state index contributed by atoms with van der Waals surface area (Å²) in [5.41, 5.74) is 4.93. The molecule has 0 aliphatic rings. The Balaban J connectivity index is 1.80. The van der Waals surface area contributed by atoms with Crippen molar-refractivity contribution in [1.82, 2.24) is 9.55 Å². The molecule has 0 aliphatic heterocycles. The number of fused-ring (bicyclic) bond motifs is 2. The first kappa shape index (κ1) is 19.8. The van der Waals surface area contributed by atoms with Crippen LogP contribution >= 0.6 is 15.9 Å². The summed E-state index contributed by atoms with van der Waals surface area (Å²) in [6.07, 6.45) is 0. The molecule has 5 rings (SSSR count). The van der Waals surface area contributed by atoms with Gasteiger partial charge in [0, 0.05) is 15.5 Å². The van der Waals surface area contributed by atoms with Crippen LogP contribution in [0.25, 0.3) is 38.9 Å². The lowest BCUT2D eigenvalue weighted by molar-refractivity contribution is 0.483. The van der Waals surface area contributed by atoms with E-state index in [4.69, 9.17) is 4.98 Å². The van der Waals surface area contributed by atoms with Gasteiger partial charge in [-0.25, -0.2) is 4.98 Å². The van der Waals surface area contributed by atoms with Crippen LogP contribution in [0.4, 0.5) is 0 Å². The van der Waals surface area contributed by atoms with E-state index in [1.54, 1.807) is 0 Å². The summed E-state index contributed by atoms with van der Waals surface area (Å²) < 4.78 is 3.05. The van der Waals surface area contributed by atoms with E-state index in [9.17, 15) is 5.11 Å². The molecule has 0 atom stereocenters. The van der Waals surface area contributed by atoms with E-state index in [1.807, 2.05) is 48.5 Å². The van der Waals surface area contributed by atoms with E-state index in [2.05, 4.69) is 71.6 Å². The summed E-state index contributed by atoms with van der Waals surface area (Å²) in [7, 11) is 0. The van der Waals surface area contributed by atoms with Crippen molar-refractivity contribution < 1.29 is 5.11 Å². The predicted molar refractivity (Wildman–Crippen MR) is 132 cm³/mol. The molecular weight excluding hydrogens is 448 g/mol. The zero-order valence-corrected chi connectivity index (χ0v) is 19.3.